The van der Waals surface area contributed by atoms with E-state index in [-0.39, 0.29) is 5.91 Å². The molecule has 4 nitrogen and oxygen atoms in total. The van der Waals surface area contributed by atoms with Crippen LogP contribution in [0.4, 0.5) is 0 Å². The Kier molecular flexibility index (Phi) is 4.45. The number of nitrogens with one attached hydrogen (secondary N) is 1. The largest absolute Gasteiger partial charge is 0.387 e. The first kappa shape index (κ1) is 15.4. The number of aryl methyl sites for hydroxylation is 2. The van der Waals surface area contributed by atoms with Crippen LogP contribution in [-0.4, -0.2) is 39.2 Å². The lowest BCUT2D eigenvalue weighted by Gasteiger charge is -2.21. The average Bonchev–Trinajstić information content (AvgIpc) is 3.09. The van der Waals surface area contributed by atoms with Crippen molar-refractivity contribution in [2.75, 3.05) is 18.1 Å². The molecule has 1 atom stereocenters. The van der Waals surface area contributed by atoms with Crippen LogP contribution >= 0.6 is 11.8 Å². The minimum absolute atomic E-state index is 0.0123. The zero-order chi connectivity index (χ0) is 15.6. The molecule has 0 aliphatic carbocycles. The Morgan fingerprint density at radius 3 is 3.05 bits per heavy atom. The van der Waals surface area contributed by atoms with Gasteiger partial charge in [-0.05, 0) is 30.2 Å². The molecule has 22 heavy (non-hydrogen) atoms. The Bertz CT molecular complexity index is 674. The molecule has 1 aliphatic heterocycles. The molecule has 0 bridgehead atoms. The van der Waals surface area contributed by atoms with Crippen LogP contribution in [0, 0.1) is 0 Å². The normalized spacial score (nSPS) is 21.4. The standard InChI is InChI=1S/C17H22N2O2S/c1-19-10-13(14-4-2-3-5-15(14)19)6-7-16(20)18-11-17(21)8-9-22-12-17/h2-5,10,21H,6-9,11-12H2,1H3,(H,18,20). The quantitative estimate of drug-likeness (QED) is 0.887. The molecule has 1 aliphatic rings. The second kappa shape index (κ2) is 6.34. The number of para-hydroxylation sites is 1. The first-order valence-corrected chi connectivity index (χ1v) is 8.83. The van der Waals surface area contributed by atoms with Crippen molar-refractivity contribution in [3.63, 3.8) is 0 Å². The maximum Gasteiger partial charge on any atom is 0.220 e. The minimum Gasteiger partial charge on any atom is -0.387 e. The first-order chi connectivity index (χ1) is 10.6. The molecule has 0 saturated carbocycles. The van der Waals surface area contributed by atoms with E-state index in [0.717, 1.165) is 24.3 Å². The summed E-state index contributed by atoms with van der Waals surface area (Å²) < 4.78 is 2.10. The molecular weight excluding hydrogens is 296 g/mol. The van der Waals surface area contributed by atoms with Gasteiger partial charge in [0, 0.05) is 42.9 Å². The maximum absolute atomic E-state index is 12.0. The summed E-state index contributed by atoms with van der Waals surface area (Å²) in [4.78, 5) is 12.0. The lowest BCUT2D eigenvalue weighted by atomic mass is 10.0. The van der Waals surface area contributed by atoms with E-state index < -0.39 is 5.60 Å². The van der Waals surface area contributed by atoms with Gasteiger partial charge in [-0.25, -0.2) is 0 Å². The highest BCUT2D eigenvalue weighted by Crippen LogP contribution is 2.27. The number of aromatic nitrogens is 1. The zero-order valence-electron chi connectivity index (χ0n) is 12.8. The third kappa shape index (κ3) is 3.31. The van der Waals surface area contributed by atoms with Crippen molar-refractivity contribution in [3.05, 3.63) is 36.0 Å². The number of carbonyl (C=O) groups excluding carboxylic acids is 1. The minimum atomic E-state index is -0.709. The molecule has 2 heterocycles. The second-order valence-corrected chi connectivity index (χ2v) is 7.19. The van der Waals surface area contributed by atoms with E-state index in [1.54, 1.807) is 11.8 Å². The van der Waals surface area contributed by atoms with Crippen LogP contribution in [0.25, 0.3) is 10.9 Å². The van der Waals surface area contributed by atoms with Gasteiger partial charge >= 0.3 is 0 Å². The number of carbonyl (C=O) groups is 1. The van der Waals surface area contributed by atoms with Crippen molar-refractivity contribution in [1.82, 2.24) is 9.88 Å². The van der Waals surface area contributed by atoms with E-state index in [0.29, 0.717) is 13.0 Å². The predicted molar refractivity (Wildman–Crippen MR) is 91.1 cm³/mol. The van der Waals surface area contributed by atoms with Crippen molar-refractivity contribution in [3.8, 4) is 0 Å². The van der Waals surface area contributed by atoms with E-state index in [1.807, 2.05) is 19.2 Å². The fourth-order valence-electron chi connectivity index (χ4n) is 2.96. The van der Waals surface area contributed by atoms with Crippen LogP contribution in [0.1, 0.15) is 18.4 Å². The summed E-state index contributed by atoms with van der Waals surface area (Å²) in [5, 5.41) is 14.3. The van der Waals surface area contributed by atoms with Gasteiger partial charge in [0.25, 0.3) is 0 Å². The summed E-state index contributed by atoms with van der Waals surface area (Å²) in [5.74, 6) is 1.71. The van der Waals surface area contributed by atoms with E-state index in [1.165, 1.54) is 16.5 Å². The van der Waals surface area contributed by atoms with Crippen molar-refractivity contribution in [2.24, 2.45) is 7.05 Å². The molecule has 0 spiro atoms. The molecule has 1 amide bonds. The fraction of sp³-hybridized carbons (Fsp3) is 0.471. The molecule has 2 aromatic rings. The van der Waals surface area contributed by atoms with Gasteiger partial charge in [0.1, 0.15) is 0 Å². The summed E-state index contributed by atoms with van der Waals surface area (Å²) in [6.07, 6.45) is 4.04. The van der Waals surface area contributed by atoms with Gasteiger partial charge in [0.15, 0.2) is 0 Å². The predicted octanol–water partition coefficient (Wildman–Crippen LogP) is 2.10. The van der Waals surface area contributed by atoms with Crippen molar-refractivity contribution in [1.29, 1.82) is 0 Å². The second-order valence-electron chi connectivity index (χ2n) is 6.09. The monoisotopic (exact) mass is 318 g/mol. The van der Waals surface area contributed by atoms with Crippen LogP contribution in [0.2, 0.25) is 0 Å². The number of nitrogens with zero attached hydrogens (tertiary/aromatic N) is 1. The van der Waals surface area contributed by atoms with E-state index in [2.05, 4.69) is 28.2 Å². The molecule has 1 saturated heterocycles. The molecular formula is C17H22N2O2S. The van der Waals surface area contributed by atoms with Crippen molar-refractivity contribution >= 4 is 28.6 Å². The lowest BCUT2D eigenvalue weighted by molar-refractivity contribution is -0.122. The van der Waals surface area contributed by atoms with Gasteiger partial charge in [-0.15, -0.1) is 0 Å². The number of benzene rings is 1. The number of aliphatic hydroxyl groups is 1. The third-order valence-electron chi connectivity index (χ3n) is 4.30. The number of thioether (sulfide) groups is 1. The number of fused-ring (bicyclic) bond motifs is 1. The lowest BCUT2D eigenvalue weighted by Crippen LogP contribution is -2.43. The Morgan fingerprint density at radius 2 is 2.27 bits per heavy atom. The molecule has 1 fully saturated rings. The van der Waals surface area contributed by atoms with Crippen molar-refractivity contribution in [2.45, 2.75) is 24.9 Å². The highest BCUT2D eigenvalue weighted by molar-refractivity contribution is 7.99. The maximum atomic E-state index is 12.0. The van der Waals surface area contributed by atoms with Gasteiger partial charge in [0.05, 0.1) is 5.60 Å². The molecule has 5 heteroatoms. The van der Waals surface area contributed by atoms with E-state index in [9.17, 15) is 9.90 Å². The highest BCUT2D eigenvalue weighted by atomic mass is 32.2. The Balaban J connectivity index is 1.56. The molecule has 0 radical (unpaired) electrons. The zero-order valence-corrected chi connectivity index (χ0v) is 13.7. The summed E-state index contributed by atoms with van der Waals surface area (Å²) >= 11 is 1.74. The van der Waals surface area contributed by atoms with Gasteiger partial charge in [-0.2, -0.15) is 11.8 Å². The van der Waals surface area contributed by atoms with Gasteiger partial charge in [0.2, 0.25) is 5.91 Å². The van der Waals surface area contributed by atoms with E-state index >= 15 is 0 Å². The SMILES string of the molecule is Cn1cc(CCC(=O)NCC2(O)CCSC2)c2ccccc21. The molecule has 1 aromatic carbocycles. The Morgan fingerprint density at radius 1 is 1.45 bits per heavy atom. The van der Waals surface area contributed by atoms with Crippen LogP contribution in [-0.2, 0) is 18.3 Å². The van der Waals surface area contributed by atoms with Gasteiger partial charge < -0.3 is 15.0 Å². The summed E-state index contributed by atoms with van der Waals surface area (Å²) in [6.45, 7) is 0.369. The fourth-order valence-corrected chi connectivity index (χ4v) is 4.26. The van der Waals surface area contributed by atoms with Crippen LogP contribution in [0.5, 0.6) is 0 Å². The smallest absolute Gasteiger partial charge is 0.220 e. The number of hydrogen-bond donors (Lipinski definition) is 2. The van der Waals surface area contributed by atoms with Crippen LogP contribution in [0.15, 0.2) is 30.5 Å². The summed E-state index contributed by atoms with van der Waals surface area (Å²) in [7, 11) is 2.03. The van der Waals surface area contributed by atoms with Crippen LogP contribution in [0.3, 0.4) is 0 Å². The number of hydrogen-bond acceptors (Lipinski definition) is 3. The topological polar surface area (TPSA) is 54.3 Å². The van der Waals surface area contributed by atoms with Crippen molar-refractivity contribution < 1.29 is 9.90 Å². The Hall–Kier alpha value is -1.46. The summed E-state index contributed by atoms with van der Waals surface area (Å²) in [6, 6.07) is 8.24. The molecule has 2 N–H and O–H groups in total. The van der Waals surface area contributed by atoms with Gasteiger partial charge in [-0.1, -0.05) is 18.2 Å². The number of amides is 1. The molecule has 1 unspecified atom stereocenters. The summed E-state index contributed by atoms with van der Waals surface area (Å²) in [5.41, 5.74) is 1.68. The molecule has 3 rings (SSSR count). The van der Waals surface area contributed by atoms with Crippen LogP contribution < -0.4 is 5.32 Å². The third-order valence-corrected chi connectivity index (χ3v) is 5.53. The molecule has 1 aromatic heterocycles. The average molecular weight is 318 g/mol. The number of rotatable bonds is 5. The van der Waals surface area contributed by atoms with Gasteiger partial charge in [-0.3, -0.25) is 4.79 Å². The highest BCUT2D eigenvalue weighted by Gasteiger charge is 2.31. The Labute approximate surface area is 134 Å². The first-order valence-electron chi connectivity index (χ1n) is 7.67. The molecule has 118 valence electrons. The van der Waals surface area contributed by atoms with E-state index in [4.69, 9.17) is 0 Å².